The van der Waals surface area contributed by atoms with E-state index >= 15 is 0 Å². The zero-order chi connectivity index (χ0) is 14.5. The lowest BCUT2D eigenvalue weighted by molar-refractivity contribution is -0.146. The third kappa shape index (κ3) is 5.56. The van der Waals surface area contributed by atoms with Crippen LogP contribution in [0.1, 0.15) is 25.7 Å². The van der Waals surface area contributed by atoms with Crippen molar-refractivity contribution in [1.29, 1.82) is 0 Å². The number of hydrogen-bond acceptors (Lipinski definition) is 4. The van der Waals surface area contributed by atoms with Gasteiger partial charge in [0, 0.05) is 13.1 Å². The van der Waals surface area contributed by atoms with E-state index in [0.29, 0.717) is 25.8 Å². The quantitative estimate of drug-likeness (QED) is 0.550. The van der Waals surface area contributed by atoms with E-state index < -0.39 is 27.8 Å². The summed E-state index contributed by atoms with van der Waals surface area (Å²) in [6, 6.07) is 0. The van der Waals surface area contributed by atoms with Crippen molar-refractivity contribution in [3.63, 3.8) is 0 Å². The molecule has 1 amide bonds. The Morgan fingerprint density at radius 3 is 2.42 bits per heavy atom. The normalized spacial score (nSPS) is 23.2. The number of aliphatic carboxylic acids is 1. The number of sulfonamides is 1. The molecule has 2 atom stereocenters. The molecular formula is C11H20N2O5S. The van der Waals surface area contributed by atoms with Gasteiger partial charge in [0.1, 0.15) is 0 Å². The molecule has 0 aromatic heterocycles. The number of carbonyl (C=O) groups excluding carboxylic acids is 1. The highest BCUT2D eigenvalue weighted by atomic mass is 32.2. The molecule has 0 bridgehead atoms. The van der Waals surface area contributed by atoms with Crippen molar-refractivity contribution >= 4 is 21.9 Å². The lowest BCUT2D eigenvalue weighted by atomic mass is 9.95. The molecule has 1 saturated carbocycles. The van der Waals surface area contributed by atoms with E-state index in [-0.39, 0.29) is 12.5 Å². The zero-order valence-corrected chi connectivity index (χ0v) is 11.7. The molecule has 3 N–H and O–H groups in total. The van der Waals surface area contributed by atoms with Gasteiger partial charge in [-0.15, -0.1) is 0 Å². The van der Waals surface area contributed by atoms with E-state index in [9.17, 15) is 18.0 Å². The minimum atomic E-state index is -3.20. The van der Waals surface area contributed by atoms with E-state index in [1.54, 1.807) is 0 Å². The first-order valence-corrected chi connectivity index (χ1v) is 8.15. The van der Waals surface area contributed by atoms with Gasteiger partial charge in [0.05, 0.1) is 18.1 Å². The summed E-state index contributed by atoms with van der Waals surface area (Å²) in [6.07, 6.45) is 3.45. The lowest BCUT2D eigenvalue weighted by Crippen LogP contribution is -2.36. The van der Waals surface area contributed by atoms with Crippen LogP contribution in [0.5, 0.6) is 0 Å². The van der Waals surface area contributed by atoms with Crippen LogP contribution in [0, 0.1) is 11.8 Å². The van der Waals surface area contributed by atoms with Crippen LogP contribution in [0.15, 0.2) is 0 Å². The molecule has 0 saturated heterocycles. The van der Waals surface area contributed by atoms with Crippen molar-refractivity contribution < 1.29 is 23.1 Å². The molecule has 7 nitrogen and oxygen atoms in total. The summed E-state index contributed by atoms with van der Waals surface area (Å²) in [6.45, 7) is 0.594. The van der Waals surface area contributed by atoms with Gasteiger partial charge < -0.3 is 10.4 Å². The topological polar surface area (TPSA) is 113 Å². The Labute approximate surface area is 112 Å². The summed E-state index contributed by atoms with van der Waals surface area (Å²) in [5.74, 6) is -2.21. The van der Waals surface area contributed by atoms with Gasteiger partial charge in [0.15, 0.2) is 0 Å². The van der Waals surface area contributed by atoms with E-state index in [2.05, 4.69) is 10.0 Å². The first-order chi connectivity index (χ1) is 8.81. The molecule has 0 aliphatic heterocycles. The second kappa shape index (κ2) is 6.85. The van der Waals surface area contributed by atoms with Gasteiger partial charge in [-0.25, -0.2) is 13.1 Å². The van der Waals surface area contributed by atoms with Gasteiger partial charge in [0.25, 0.3) is 0 Å². The van der Waals surface area contributed by atoms with E-state index in [0.717, 1.165) is 12.7 Å². The Kier molecular flexibility index (Phi) is 5.74. The third-order valence-electron chi connectivity index (χ3n) is 3.19. The molecule has 1 rings (SSSR count). The van der Waals surface area contributed by atoms with Gasteiger partial charge in [-0.2, -0.15) is 0 Å². The Morgan fingerprint density at radius 1 is 1.21 bits per heavy atom. The summed E-state index contributed by atoms with van der Waals surface area (Å²) in [5, 5.41) is 11.6. The summed E-state index contributed by atoms with van der Waals surface area (Å²) < 4.78 is 23.9. The number of hydrogen-bond donors (Lipinski definition) is 3. The van der Waals surface area contributed by atoms with Crippen LogP contribution >= 0.6 is 0 Å². The van der Waals surface area contributed by atoms with Gasteiger partial charge in [-0.3, -0.25) is 9.59 Å². The van der Waals surface area contributed by atoms with Gasteiger partial charge >= 0.3 is 5.97 Å². The average Bonchev–Trinajstić information content (AvgIpc) is 2.75. The van der Waals surface area contributed by atoms with Crippen LogP contribution in [0.2, 0.25) is 0 Å². The van der Waals surface area contributed by atoms with Crippen molar-refractivity contribution in [1.82, 2.24) is 10.0 Å². The third-order valence-corrected chi connectivity index (χ3v) is 3.92. The predicted octanol–water partition coefficient (Wildman–Crippen LogP) is -0.457. The smallest absolute Gasteiger partial charge is 0.307 e. The number of carboxylic acid groups (broad SMARTS) is 1. The summed E-state index contributed by atoms with van der Waals surface area (Å²) >= 11 is 0. The Bertz CT molecular complexity index is 434. The summed E-state index contributed by atoms with van der Waals surface area (Å²) in [4.78, 5) is 22.8. The van der Waals surface area contributed by atoms with E-state index in [1.807, 2.05) is 0 Å². The Hall–Kier alpha value is -1.15. The molecular weight excluding hydrogens is 272 g/mol. The maximum atomic E-state index is 11.8. The highest BCUT2D eigenvalue weighted by Gasteiger charge is 2.37. The standard InChI is InChI=1S/C11H20N2O5S/c1-19(17,18)13-7-3-6-12-10(14)8-4-2-5-9(8)11(15)16/h8-9,13H,2-7H2,1H3,(H,12,14)(H,15,16). The monoisotopic (exact) mass is 292 g/mol. The fourth-order valence-electron chi connectivity index (χ4n) is 2.26. The number of rotatable bonds is 7. The van der Waals surface area contributed by atoms with Crippen LogP contribution < -0.4 is 10.0 Å². The SMILES string of the molecule is CS(=O)(=O)NCCCNC(=O)C1CCCC1C(=O)O. The van der Waals surface area contributed by atoms with Crippen molar-refractivity contribution in [2.45, 2.75) is 25.7 Å². The van der Waals surface area contributed by atoms with Crippen LogP contribution in [0.4, 0.5) is 0 Å². The minimum absolute atomic E-state index is 0.246. The number of nitrogens with one attached hydrogen (secondary N) is 2. The summed E-state index contributed by atoms with van der Waals surface area (Å²) in [5.41, 5.74) is 0. The zero-order valence-electron chi connectivity index (χ0n) is 10.9. The van der Waals surface area contributed by atoms with E-state index in [4.69, 9.17) is 5.11 Å². The second-order valence-corrected chi connectivity index (χ2v) is 6.63. The molecule has 0 spiro atoms. The van der Waals surface area contributed by atoms with Crippen LogP contribution in [0.25, 0.3) is 0 Å². The molecule has 19 heavy (non-hydrogen) atoms. The first-order valence-electron chi connectivity index (χ1n) is 6.26. The second-order valence-electron chi connectivity index (χ2n) is 4.79. The highest BCUT2D eigenvalue weighted by Crippen LogP contribution is 2.31. The Balaban J connectivity index is 2.26. The maximum absolute atomic E-state index is 11.8. The van der Waals surface area contributed by atoms with Crippen molar-refractivity contribution in [3.8, 4) is 0 Å². The average molecular weight is 292 g/mol. The molecule has 0 radical (unpaired) electrons. The number of carbonyl (C=O) groups is 2. The van der Waals surface area contributed by atoms with Gasteiger partial charge in [0.2, 0.25) is 15.9 Å². The largest absolute Gasteiger partial charge is 0.481 e. The van der Waals surface area contributed by atoms with Crippen LogP contribution in [-0.4, -0.2) is 44.7 Å². The highest BCUT2D eigenvalue weighted by molar-refractivity contribution is 7.88. The minimum Gasteiger partial charge on any atom is -0.481 e. The van der Waals surface area contributed by atoms with E-state index in [1.165, 1.54) is 0 Å². The molecule has 0 heterocycles. The van der Waals surface area contributed by atoms with Crippen molar-refractivity contribution in [2.24, 2.45) is 11.8 Å². The van der Waals surface area contributed by atoms with Gasteiger partial charge in [-0.1, -0.05) is 6.42 Å². The molecule has 8 heteroatoms. The van der Waals surface area contributed by atoms with Crippen molar-refractivity contribution in [2.75, 3.05) is 19.3 Å². The molecule has 2 unspecified atom stereocenters. The van der Waals surface area contributed by atoms with Crippen molar-refractivity contribution in [3.05, 3.63) is 0 Å². The molecule has 1 aliphatic carbocycles. The molecule has 1 fully saturated rings. The van der Waals surface area contributed by atoms with Crippen LogP contribution in [-0.2, 0) is 19.6 Å². The molecule has 0 aromatic rings. The van der Waals surface area contributed by atoms with Gasteiger partial charge in [-0.05, 0) is 19.3 Å². The maximum Gasteiger partial charge on any atom is 0.307 e. The Morgan fingerprint density at radius 2 is 1.84 bits per heavy atom. The predicted molar refractivity (Wildman–Crippen MR) is 68.9 cm³/mol. The number of carboxylic acids is 1. The fourth-order valence-corrected chi connectivity index (χ4v) is 2.77. The van der Waals surface area contributed by atoms with Crippen LogP contribution in [0.3, 0.4) is 0 Å². The molecule has 110 valence electrons. The lowest BCUT2D eigenvalue weighted by Gasteiger charge is -2.15. The summed E-state index contributed by atoms with van der Waals surface area (Å²) in [7, 11) is -3.20. The molecule has 0 aromatic carbocycles. The number of amides is 1. The first kappa shape index (κ1) is 15.9. The fraction of sp³-hybridized carbons (Fsp3) is 0.818. The molecule has 1 aliphatic rings.